The maximum atomic E-state index is 5.13. The Morgan fingerprint density at radius 2 is 1.86 bits per heavy atom. The van der Waals surface area contributed by atoms with Crippen molar-refractivity contribution < 1.29 is 0 Å². The van der Waals surface area contributed by atoms with Gasteiger partial charge in [0.25, 0.3) is 0 Å². The fourth-order valence-corrected chi connectivity index (χ4v) is 6.00. The van der Waals surface area contributed by atoms with E-state index in [0.29, 0.717) is 5.25 Å². The molecule has 0 radical (unpaired) electrons. The van der Waals surface area contributed by atoms with Crippen LogP contribution in [0.1, 0.15) is 54.2 Å². The van der Waals surface area contributed by atoms with E-state index in [0.717, 1.165) is 12.2 Å². The molecule has 0 amide bonds. The molecule has 3 aliphatic rings. The number of aromatic nitrogens is 1. The Balaban J connectivity index is 1.57. The van der Waals surface area contributed by atoms with Crippen molar-refractivity contribution in [1.82, 2.24) is 9.88 Å². The number of fused-ring (bicyclic) bond motifs is 1. The van der Waals surface area contributed by atoms with E-state index in [1.807, 2.05) is 24.0 Å². The standard InChI is InChI=1S/C23H28N4S/c1-15-14-27-22(21(25-23(27)28-15)19-8-4-5-11-24-19)18-9-10-20(17(3)16(18)2)26-12-6-7-13-26/h4-5,8-11,15,21-22H,6-7,12-14H2,1-3H3/t15-,21-,22+/m0/s1. The first-order valence-electron chi connectivity index (χ1n) is 10.4. The Bertz CT molecular complexity index is 904. The van der Waals surface area contributed by atoms with Gasteiger partial charge in [0.15, 0.2) is 5.17 Å². The van der Waals surface area contributed by atoms with Gasteiger partial charge >= 0.3 is 0 Å². The summed E-state index contributed by atoms with van der Waals surface area (Å²) < 4.78 is 0. The van der Waals surface area contributed by atoms with E-state index >= 15 is 0 Å². The Morgan fingerprint density at radius 3 is 2.61 bits per heavy atom. The Labute approximate surface area is 172 Å². The minimum Gasteiger partial charge on any atom is -0.371 e. The van der Waals surface area contributed by atoms with Gasteiger partial charge in [-0.1, -0.05) is 30.8 Å². The number of nitrogens with zero attached hydrogens (tertiary/aromatic N) is 4. The van der Waals surface area contributed by atoms with Gasteiger partial charge < -0.3 is 9.80 Å². The van der Waals surface area contributed by atoms with Gasteiger partial charge in [-0.05, 0) is 61.6 Å². The van der Waals surface area contributed by atoms with Crippen molar-refractivity contribution in [2.75, 3.05) is 24.5 Å². The molecule has 1 aromatic heterocycles. The second-order valence-corrected chi connectivity index (χ2v) is 9.66. The van der Waals surface area contributed by atoms with Crippen LogP contribution in [-0.4, -0.2) is 39.9 Å². The zero-order valence-electron chi connectivity index (χ0n) is 16.9. The molecule has 0 N–H and O–H groups in total. The Morgan fingerprint density at radius 1 is 1.04 bits per heavy atom. The lowest BCUT2D eigenvalue weighted by Gasteiger charge is -2.30. The lowest BCUT2D eigenvalue weighted by molar-refractivity contribution is 0.320. The minimum absolute atomic E-state index is 0.0759. The lowest BCUT2D eigenvalue weighted by Crippen LogP contribution is -2.29. The molecule has 5 rings (SSSR count). The highest BCUT2D eigenvalue weighted by Crippen LogP contribution is 2.49. The summed E-state index contributed by atoms with van der Waals surface area (Å²) in [6, 6.07) is 11.2. The Kier molecular flexibility index (Phi) is 4.58. The predicted molar refractivity (Wildman–Crippen MR) is 118 cm³/mol. The van der Waals surface area contributed by atoms with Crippen LogP contribution in [0.3, 0.4) is 0 Å². The van der Waals surface area contributed by atoms with Crippen LogP contribution in [0, 0.1) is 13.8 Å². The van der Waals surface area contributed by atoms with E-state index in [1.165, 1.54) is 53.5 Å². The first-order valence-corrected chi connectivity index (χ1v) is 11.3. The molecule has 0 unspecified atom stereocenters. The molecule has 3 atom stereocenters. The molecule has 2 saturated heterocycles. The minimum atomic E-state index is 0.0759. The quantitative estimate of drug-likeness (QED) is 0.744. The zero-order valence-corrected chi connectivity index (χ0v) is 17.7. The summed E-state index contributed by atoms with van der Waals surface area (Å²) in [6.07, 6.45) is 4.51. The molecular formula is C23H28N4S. The van der Waals surface area contributed by atoms with Crippen molar-refractivity contribution in [3.63, 3.8) is 0 Å². The second kappa shape index (κ2) is 7.11. The monoisotopic (exact) mass is 392 g/mol. The van der Waals surface area contributed by atoms with Crippen molar-refractivity contribution in [3.05, 3.63) is 58.9 Å². The van der Waals surface area contributed by atoms with Crippen molar-refractivity contribution in [1.29, 1.82) is 0 Å². The number of amidine groups is 1. The molecule has 3 aliphatic heterocycles. The average Bonchev–Trinajstić information content (AvgIpc) is 3.41. The molecular weight excluding hydrogens is 364 g/mol. The number of thioether (sulfide) groups is 1. The summed E-state index contributed by atoms with van der Waals surface area (Å²) in [5.41, 5.74) is 6.73. The summed E-state index contributed by atoms with van der Waals surface area (Å²) in [5.74, 6) is 0. The van der Waals surface area contributed by atoms with E-state index in [9.17, 15) is 0 Å². The lowest BCUT2D eigenvalue weighted by atomic mass is 9.90. The highest BCUT2D eigenvalue weighted by Gasteiger charge is 2.44. The summed E-state index contributed by atoms with van der Waals surface area (Å²) in [7, 11) is 0. The molecule has 0 aliphatic carbocycles. The maximum absolute atomic E-state index is 5.13. The normalized spacial score (nSPS) is 26.7. The van der Waals surface area contributed by atoms with Gasteiger partial charge in [0.1, 0.15) is 6.04 Å². The van der Waals surface area contributed by atoms with Crippen LogP contribution in [0.5, 0.6) is 0 Å². The highest BCUT2D eigenvalue weighted by molar-refractivity contribution is 8.14. The van der Waals surface area contributed by atoms with Crippen molar-refractivity contribution >= 4 is 22.6 Å². The molecule has 1 aromatic carbocycles. The molecule has 2 aromatic rings. The van der Waals surface area contributed by atoms with Gasteiger partial charge in [-0.25, -0.2) is 0 Å². The van der Waals surface area contributed by atoms with Gasteiger partial charge in [0.2, 0.25) is 0 Å². The molecule has 0 bridgehead atoms. The second-order valence-electron chi connectivity index (χ2n) is 8.25. The molecule has 0 spiro atoms. The number of aliphatic imine (C=N–C) groups is 1. The molecule has 0 saturated carbocycles. The van der Waals surface area contributed by atoms with Gasteiger partial charge in [0.05, 0.1) is 11.7 Å². The first kappa shape index (κ1) is 18.0. The van der Waals surface area contributed by atoms with Crippen LogP contribution in [0.2, 0.25) is 0 Å². The number of anilines is 1. The summed E-state index contributed by atoms with van der Waals surface area (Å²) in [6.45, 7) is 10.3. The van der Waals surface area contributed by atoms with Crippen LogP contribution in [-0.2, 0) is 0 Å². The average molecular weight is 393 g/mol. The molecule has 28 heavy (non-hydrogen) atoms. The van der Waals surface area contributed by atoms with Crippen LogP contribution in [0.15, 0.2) is 41.5 Å². The third-order valence-electron chi connectivity index (χ3n) is 6.45. The van der Waals surface area contributed by atoms with E-state index in [2.05, 4.69) is 59.8 Å². The molecule has 4 heterocycles. The predicted octanol–water partition coefficient (Wildman–Crippen LogP) is 4.89. The van der Waals surface area contributed by atoms with Gasteiger partial charge in [0, 0.05) is 36.8 Å². The molecule has 4 nitrogen and oxygen atoms in total. The summed E-state index contributed by atoms with van der Waals surface area (Å²) in [5, 5.41) is 1.78. The van der Waals surface area contributed by atoms with E-state index < -0.39 is 0 Å². The van der Waals surface area contributed by atoms with Crippen LogP contribution >= 0.6 is 11.8 Å². The molecule has 146 valence electrons. The van der Waals surface area contributed by atoms with E-state index in [4.69, 9.17) is 4.99 Å². The van der Waals surface area contributed by atoms with E-state index in [1.54, 1.807) is 0 Å². The molecule has 2 fully saturated rings. The number of pyridine rings is 1. The number of hydrogen-bond acceptors (Lipinski definition) is 5. The topological polar surface area (TPSA) is 31.7 Å². The van der Waals surface area contributed by atoms with Gasteiger partial charge in [-0.2, -0.15) is 0 Å². The zero-order chi connectivity index (χ0) is 19.3. The fourth-order valence-electron chi connectivity index (χ4n) is 4.90. The number of rotatable bonds is 3. The molecule has 5 heteroatoms. The smallest absolute Gasteiger partial charge is 0.160 e. The van der Waals surface area contributed by atoms with Crippen molar-refractivity contribution in [2.45, 2.75) is 50.9 Å². The van der Waals surface area contributed by atoms with Gasteiger partial charge in [-0.3, -0.25) is 9.98 Å². The fraction of sp³-hybridized carbons (Fsp3) is 0.478. The summed E-state index contributed by atoms with van der Waals surface area (Å²) in [4.78, 5) is 14.9. The van der Waals surface area contributed by atoms with E-state index in [-0.39, 0.29) is 12.1 Å². The SMILES string of the molecule is Cc1c([C@@H]2[C@H](c3ccccn3)N=C3S[C@@H](C)CN32)ccc(N2CCCC2)c1C. The first-order chi connectivity index (χ1) is 13.6. The van der Waals surface area contributed by atoms with Crippen LogP contribution < -0.4 is 4.90 Å². The Hall–Kier alpha value is -2.01. The third-order valence-corrected chi connectivity index (χ3v) is 7.55. The van der Waals surface area contributed by atoms with Crippen molar-refractivity contribution in [3.8, 4) is 0 Å². The van der Waals surface area contributed by atoms with Gasteiger partial charge in [-0.15, -0.1) is 0 Å². The van der Waals surface area contributed by atoms with Crippen LogP contribution in [0.25, 0.3) is 0 Å². The third kappa shape index (κ3) is 2.91. The number of benzene rings is 1. The maximum Gasteiger partial charge on any atom is 0.160 e. The summed E-state index contributed by atoms with van der Waals surface area (Å²) >= 11 is 1.91. The highest BCUT2D eigenvalue weighted by atomic mass is 32.2. The van der Waals surface area contributed by atoms with Crippen LogP contribution in [0.4, 0.5) is 5.69 Å². The number of hydrogen-bond donors (Lipinski definition) is 0. The largest absolute Gasteiger partial charge is 0.371 e. The van der Waals surface area contributed by atoms with Crippen molar-refractivity contribution in [2.24, 2.45) is 4.99 Å².